The van der Waals surface area contributed by atoms with Crippen LogP contribution in [0.1, 0.15) is 20.8 Å². The molecule has 0 aliphatic heterocycles. The van der Waals surface area contributed by atoms with Gasteiger partial charge < -0.3 is 6.42 Å². The van der Waals surface area contributed by atoms with E-state index in [0.717, 1.165) is 0 Å². The van der Waals surface area contributed by atoms with Crippen molar-refractivity contribution in [2.75, 3.05) is 0 Å². The first kappa shape index (κ1) is 13.0. The van der Waals surface area contributed by atoms with Gasteiger partial charge in [0.15, 0.2) is 0 Å². The van der Waals surface area contributed by atoms with Crippen LogP contribution in [0.4, 0.5) is 0 Å². The molecule has 0 nitrogen and oxygen atoms in total. The normalized spacial score (nSPS) is 13.1. The van der Waals surface area contributed by atoms with Gasteiger partial charge in [0.05, 0.1) is 0 Å². The summed E-state index contributed by atoms with van der Waals surface area (Å²) in [5, 5.41) is 0.472. The summed E-state index contributed by atoms with van der Waals surface area (Å²) in [5.41, 5.74) is 0. The third-order valence-electron chi connectivity index (χ3n) is 1.02. The second-order valence-corrected chi connectivity index (χ2v) is 2.66. The predicted molar refractivity (Wildman–Crippen MR) is 37.6 cm³/mol. The van der Waals surface area contributed by atoms with E-state index in [4.69, 9.17) is 0 Å². The van der Waals surface area contributed by atoms with E-state index in [1.54, 1.807) is 0 Å². The van der Waals surface area contributed by atoms with Crippen LogP contribution in [0, 0.1) is 12.3 Å². The van der Waals surface area contributed by atoms with Crippen LogP contribution in [-0.2, 0) is 0 Å². The molecule has 44 valence electrons. The van der Waals surface area contributed by atoms with Crippen molar-refractivity contribution < 1.29 is 68.9 Å². The molecule has 8 heavy (non-hydrogen) atoms. The van der Waals surface area contributed by atoms with Crippen molar-refractivity contribution in [1.29, 1.82) is 0 Å². The van der Waals surface area contributed by atoms with Crippen molar-refractivity contribution in [3.63, 3.8) is 0 Å². The van der Waals surface area contributed by atoms with Crippen LogP contribution in [-0.4, -0.2) is 5.25 Å². The first-order valence-corrected chi connectivity index (χ1v) is 3.17. The van der Waals surface area contributed by atoms with Gasteiger partial charge in [-0.1, -0.05) is 19.8 Å². The van der Waals surface area contributed by atoms with E-state index in [-0.39, 0.29) is 68.9 Å². The topological polar surface area (TPSA) is 0 Å². The third kappa shape index (κ3) is 6.52. The number of hydrogen-bond donors (Lipinski definition) is 1. The fourth-order valence-corrected chi connectivity index (χ4v) is 0.385. The second kappa shape index (κ2) is 7.51. The van der Waals surface area contributed by atoms with Gasteiger partial charge in [-0.3, -0.25) is 0 Å². The maximum atomic E-state index is 4.27. The molecule has 0 aliphatic rings. The van der Waals surface area contributed by atoms with Crippen LogP contribution in [0.5, 0.6) is 0 Å². The van der Waals surface area contributed by atoms with E-state index in [2.05, 4.69) is 32.9 Å². The first-order valence-electron chi connectivity index (χ1n) is 2.66. The zero-order valence-corrected chi connectivity index (χ0v) is 13.4. The summed E-state index contributed by atoms with van der Waals surface area (Å²) in [6.07, 6.45) is 2.10. The van der Waals surface area contributed by atoms with Crippen LogP contribution in [0.2, 0.25) is 0 Å². The molecule has 0 N–H and O–H groups in total. The molecule has 0 heterocycles. The maximum absolute atomic E-state index is 4.27. The van der Waals surface area contributed by atoms with Crippen LogP contribution >= 0.6 is 12.6 Å². The maximum Gasteiger partial charge on any atom is 1.00 e. The second-order valence-electron chi connectivity index (χ2n) is 2.07. The van der Waals surface area contributed by atoms with Gasteiger partial charge in [0, 0.05) is 0 Å². The predicted octanol–water partition coefficient (Wildman–Crippen LogP) is -0.831. The quantitative estimate of drug-likeness (QED) is 0.480. The summed E-state index contributed by atoms with van der Waals surface area (Å²) in [5.74, 6) is 0.674. The monoisotopic (exact) mass is 250 g/mol. The van der Waals surface area contributed by atoms with Crippen LogP contribution in [0.25, 0.3) is 0 Å². The Morgan fingerprint density at radius 1 is 1.38 bits per heavy atom. The van der Waals surface area contributed by atoms with Crippen molar-refractivity contribution in [1.82, 2.24) is 0 Å². The van der Waals surface area contributed by atoms with Crippen LogP contribution < -0.4 is 68.9 Å². The zero-order valence-electron chi connectivity index (χ0n) is 6.18. The molecule has 0 aromatic rings. The Bertz CT molecular complexity index is 45.8. The Morgan fingerprint density at radius 2 is 1.75 bits per heavy atom. The minimum Gasteiger partial charge on any atom is -0.319 e. The fourth-order valence-electron chi connectivity index (χ4n) is 0.385. The minimum atomic E-state index is 0. The van der Waals surface area contributed by atoms with Gasteiger partial charge in [-0.15, -0.1) is 5.25 Å². The minimum absolute atomic E-state index is 0. The van der Waals surface area contributed by atoms with E-state index in [9.17, 15) is 0 Å². The Balaban J connectivity index is 0. The van der Waals surface area contributed by atoms with Crippen molar-refractivity contribution >= 4 is 12.6 Å². The molecule has 0 aromatic heterocycles. The van der Waals surface area contributed by atoms with Crippen LogP contribution in [0.15, 0.2) is 0 Å². The summed E-state index contributed by atoms with van der Waals surface area (Å²) >= 11 is 4.27. The van der Waals surface area contributed by atoms with Crippen molar-refractivity contribution in [2.24, 2.45) is 5.92 Å². The van der Waals surface area contributed by atoms with Gasteiger partial charge in [-0.2, -0.15) is 6.92 Å². The molecule has 0 saturated carbocycles. The van der Waals surface area contributed by atoms with Gasteiger partial charge in [-0.05, 0) is 0 Å². The molecular formula is C6H13CsS. The molecule has 0 spiro atoms. The molecule has 0 radical (unpaired) electrons. The Morgan fingerprint density at radius 3 is 1.75 bits per heavy atom. The molecule has 0 aliphatic carbocycles. The number of thiol groups is 1. The van der Waals surface area contributed by atoms with E-state index in [1.807, 2.05) is 6.92 Å². The molecule has 0 fully saturated rings. The average molecular weight is 250 g/mol. The molecular weight excluding hydrogens is 237 g/mol. The smallest absolute Gasteiger partial charge is 0.319 e. The fraction of sp³-hybridized carbons (Fsp3) is 0.833. The third-order valence-corrected chi connectivity index (χ3v) is 1.92. The summed E-state index contributed by atoms with van der Waals surface area (Å²) in [4.78, 5) is 0. The van der Waals surface area contributed by atoms with E-state index in [0.29, 0.717) is 11.2 Å². The Kier molecular flexibility index (Phi) is 12.2. The SMILES string of the molecule is C[CH-]C(S)C(C)C.[Cs+]. The molecule has 0 saturated heterocycles. The average Bonchev–Trinajstić information content (AvgIpc) is 1.65. The summed E-state index contributed by atoms with van der Waals surface area (Å²) in [6.45, 7) is 6.37. The molecule has 0 aromatic carbocycles. The van der Waals surface area contributed by atoms with Crippen molar-refractivity contribution in [3.05, 3.63) is 6.42 Å². The molecule has 0 amide bonds. The van der Waals surface area contributed by atoms with Gasteiger partial charge in [0.25, 0.3) is 0 Å². The Labute approximate surface area is 117 Å². The Hall–Kier alpha value is 2.40. The summed E-state index contributed by atoms with van der Waals surface area (Å²) in [6, 6.07) is 0. The standard InChI is InChI=1S/C6H13S.Cs/c1-4-6(7)5(2)3;/h4-7H,1-3H3;/q-1;+1. The zero-order chi connectivity index (χ0) is 5.86. The van der Waals surface area contributed by atoms with Crippen molar-refractivity contribution in [3.8, 4) is 0 Å². The van der Waals surface area contributed by atoms with Crippen molar-refractivity contribution in [2.45, 2.75) is 26.0 Å². The summed E-state index contributed by atoms with van der Waals surface area (Å²) < 4.78 is 0. The largest absolute Gasteiger partial charge is 1.00 e. The van der Waals surface area contributed by atoms with E-state index < -0.39 is 0 Å². The number of rotatable bonds is 2. The summed E-state index contributed by atoms with van der Waals surface area (Å²) in [7, 11) is 0. The van der Waals surface area contributed by atoms with Gasteiger partial charge in [0.2, 0.25) is 0 Å². The van der Waals surface area contributed by atoms with Gasteiger partial charge in [0.1, 0.15) is 0 Å². The molecule has 0 rings (SSSR count). The van der Waals surface area contributed by atoms with Gasteiger partial charge >= 0.3 is 68.9 Å². The first-order chi connectivity index (χ1) is 3.18. The van der Waals surface area contributed by atoms with E-state index >= 15 is 0 Å². The molecule has 0 bridgehead atoms. The molecule has 2 heteroatoms. The van der Waals surface area contributed by atoms with Crippen LogP contribution in [0.3, 0.4) is 0 Å². The number of hydrogen-bond acceptors (Lipinski definition) is 1. The molecule has 1 unspecified atom stereocenters. The molecule has 1 atom stereocenters. The van der Waals surface area contributed by atoms with E-state index in [1.165, 1.54) is 0 Å². The van der Waals surface area contributed by atoms with Gasteiger partial charge in [-0.25, -0.2) is 12.6 Å².